The van der Waals surface area contributed by atoms with Gasteiger partial charge in [-0.15, -0.1) is 0 Å². The Bertz CT molecular complexity index is 1350. The van der Waals surface area contributed by atoms with Crippen LogP contribution in [0.4, 0.5) is 0 Å². The van der Waals surface area contributed by atoms with Crippen LogP contribution in [-0.2, 0) is 11.3 Å². The van der Waals surface area contributed by atoms with Crippen molar-refractivity contribution in [2.24, 2.45) is 0 Å². The number of imidazole rings is 1. The van der Waals surface area contributed by atoms with Crippen LogP contribution >= 0.6 is 0 Å². The summed E-state index contributed by atoms with van der Waals surface area (Å²) in [7, 11) is 0. The Morgan fingerprint density at radius 3 is 2.44 bits per heavy atom. The van der Waals surface area contributed by atoms with E-state index in [0.717, 1.165) is 0 Å². The zero-order valence-electron chi connectivity index (χ0n) is 17.6. The number of hydrogen-bond donors (Lipinski definition) is 0. The van der Waals surface area contributed by atoms with E-state index >= 15 is 0 Å². The first kappa shape index (κ1) is 21.0. The molecular formula is C24H21N3O5. The first-order chi connectivity index (χ1) is 15.5. The molecule has 0 fully saturated rings. The first-order valence-corrected chi connectivity index (χ1v) is 9.97. The molecule has 0 unspecified atom stereocenters. The number of rotatable bonds is 4. The number of Topliss-reactive ketones (excluding diaryl/α,β-unsaturated/α-hetero) is 2. The van der Waals surface area contributed by atoms with Gasteiger partial charge in [-0.05, 0) is 38.1 Å². The third kappa shape index (κ3) is 4.15. The predicted molar refractivity (Wildman–Crippen MR) is 119 cm³/mol. The van der Waals surface area contributed by atoms with Crippen molar-refractivity contribution < 1.29 is 19.1 Å². The molecular weight excluding hydrogens is 410 g/mol. The molecule has 0 saturated carbocycles. The number of ether oxygens (including phenoxy) is 2. The highest BCUT2D eigenvalue weighted by Gasteiger charge is 2.20. The fourth-order valence-electron chi connectivity index (χ4n) is 3.35. The summed E-state index contributed by atoms with van der Waals surface area (Å²) >= 11 is 0. The van der Waals surface area contributed by atoms with Crippen molar-refractivity contribution in [1.82, 2.24) is 14.1 Å². The maximum atomic E-state index is 13.2. The second-order valence-electron chi connectivity index (χ2n) is 7.29. The van der Waals surface area contributed by atoms with Crippen molar-refractivity contribution in [2.45, 2.75) is 20.4 Å². The number of carbonyl (C=O) groups excluding carboxylic acids is 2. The minimum atomic E-state index is -0.336. The standard InChI is InChI=1S/C21H15N3O4.C3H6O/c25-17(14-5-2-1-3-6-14)12-23-16-7-4-10-22-20(16)24(21(23)26)15-8-9-18-19(11-15)28-13-27-18;1-3(2)4/h1-11H,12-13H2;1-2H3. The summed E-state index contributed by atoms with van der Waals surface area (Å²) in [6.07, 6.45) is 1.62. The molecule has 1 aliphatic heterocycles. The molecule has 8 heteroatoms. The van der Waals surface area contributed by atoms with Crippen LogP contribution < -0.4 is 15.2 Å². The van der Waals surface area contributed by atoms with E-state index in [1.165, 1.54) is 23.0 Å². The van der Waals surface area contributed by atoms with Gasteiger partial charge in [0.1, 0.15) is 5.78 Å². The SMILES string of the molecule is CC(C)=O.O=C(Cn1c(=O)n(-c2ccc3c(c2)OCO3)c2ncccc21)c1ccccc1. The smallest absolute Gasteiger partial charge is 0.335 e. The predicted octanol–water partition coefficient (Wildman–Crippen LogP) is 3.39. The Morgan fingerprint density at radius 2 is 1.69 bits per heavy atom. The molecule has 3 heterocycles. The van der Waals surface area contributed by atoms with Crippen LogP contribution in [0, 0.1) is 0 Å². The maximum absolute atomic E-state index is 13.2. The molecule has 32 heavy (non-hydrogen) atoms. The van der Waals surface area contributed by atoms with Gasteiger partial charge >= 0.3 is 5.69 Å². The number of pyridine rings is 1. The van der Waals surface area contributed by atoms with E-state index < -0.39 is 0 Å². The summed E-state index contributed by atoms with van der Waals surface area (Å²) in [6.45, 7) is 3.14. The van der Waals surface area contributed by atoms with Gasteiger partial charge in [0, 0.05) is 17.8 Å². The quantitative estimate of drug-likeness (QED) is 0.460. The third-order valence-electron chi connectivity index (χ3n) is 4.70. The Hall–Kier alpha value is -4.20. The minimum absolute atomic E-state index is 0.0669. The Kier molecular flexibility index (Phi) is 5.85. The van der Waals surface area contributed by atoms with Gasteiger partial charge in [0.05, 0.1) is 17.7 Å². The molecule has 0 saturated heterocycles. The number of aromatic nitrogens is 3. The van der Waals surface area contributed by atoms with Crippen LogP contribution in [0.2, 0.25) is 0 Å². The fraction of sp³-hybridized carbons (Fsp3) is 0.167. The second-order valence-corrected chi connectivity index (χ2v) is 7.29. The van der Waals surface area contributed by atoms with E-state index in [9.17, 15) is 14.4 Å². The summed E-state index contributed by atoms with van der Waals surface area (Å²) in [5, 5.41) is 0. The van der Waals surface area contributed by atoms with Crippen molar-refractivity contribution >= 4 is 22.7 Å². The van der Waals surface area contributed by atoms with Gasteiger partial charge in [-0.3, -0.25) is 9.36 Å². The molecule has 0 bridgehead atoms. The third-order valence-corrected chi connectivity index (χ3v) is 4.70. The van der Waals surface area contributed by atoms with Crippen LogP contribution in [0.1, 0.15) is 24.2 Å². The van der Waals surface area contributed by atoms with E-state index in [4.69, 9.17) is 9.47 Å². The van der Waals surface area contributed by atoms with Crippen molar-refractivity contribution in [1.29, 1.82) is 0 Å². The number of carbonyl (C=O) groups is 2. The Labute approximate surface area is 183 Å². The maximum Gasteiger partial charge on any atom is 0.335 e. The van der Waals surface area contributed by atoms with Gasteiger partial charge in [-0.2, -0.15) is 0 Å². The molecule has 1 aliphatic rings. The molecule has 0 radical (unpaired) electrons. The number of hydrogen-bond acceptors (Lipinski definition) is 6. The molecule has 0 spiro atoms. The minimum Gasteiger partial charge on any atom is -0.454 e. The van der Waals surface area contributed by atoms with Gasteiger partial charge in [0.25, 0.3) is 0 Å². The van der Waals surface area contributed by atoms with E-state index in [1.807, 2.05) is 6.07 Å². The van der Waals surface area contributed by atoms with E-state index in [0.29, 0.717) is 33.9 Å². The molecule has 2 aromatic heterocycles. The van der Waals surface area contributed by atoms with Gasteiger partial charge in [-0.1, -0.05) is 30.3 Å². The van der Waals surface area contributed by atoms with Gasteiger partial charge in [-0.25, -0.2) is 14.3 Å². The first-order valence-electron chi connectivity index (χ1n) is 9.97. The monoisotopic (exact) mass is 431 g/mol. The number of benzene rings is 2. The highest BCUT2D eigenvalue weighted by molar-refractivity contribution is 5.96. The van der Waals surface area contributed by atoms with Crippen molar-refractivity contribution in [3.63, 3.8) is 0 Å². The molecule has 5 rings (SSSR count). The number of nitrogens with zero attached hydrogens (tertiary/aromatic N) is 3. The van der Waals surface area contributed by atoms with Gasteiger partial charge < -0.3 is 14.3 Å². The van der Waals surface area contributed by atoms with Crippen molar-refractivity contribution in [3.05, 3.63) is 82.9 Å². The molecule has 0 amide bonds. The summed E-state index contributed by atoms with van der Waals surface area (Å²) in [5.41, 5.74) is 1.89. The summed E-state index contributed by atoms with van der Waals surface area (Å²) in [6, 6.07) is 17.7. The molecule has 2 aromatic carbocycles. The number of ketones is 2. The molecule has 0 atom stereocenters. The largest absolute Gasteiger partial charge is 0.454 e. The average molecular weight is 431 g/mol. The zero-order chi connectivity index (χ0) is 22.7. The highest BCUT2D eigenvalue weighted by atomic mass is 16.7. The lowest BCUT2D eigenvalue weighted by Crippen LogP contribution is -2.26. The van der Waals surface area contributed by atoms with E-state index in [2.05, 4.69) is 4.98 Å². The van der Waals surface area contributed by atoms with Crippen LogP contribution in [-0.4, -0.2) is 32.5 Å². The Balaban J connectivity index is 0.000000567. The summed E-state index contributed by atoms with van der Waals surface area (Å²) < 4.78 is 13.7. The molecule has 0 N–H and O–H groups in total. The summed E-state index contributed by atoms with van der Waals surface area (Å²) in [4.78, 5) is 39.7. The van der Waals surface area contributed by atoms with E-state index in [1.54, 1.807) is 60.8 Å². The van der Waals surface area contributed by atoms with Gasteiger partial charge in [0.15, 0.2) is 22.9 Å². The van der Waals surface area contributed by atoms with Crippen LogP contribution in [0.3, 0.4) is 0 Å². The molecule has 4 aromatic rings. The van der Waals surface area contributed by atoms with Gasteiger partial charge in [0.2, 0.25) is 6.79 Å². The van der Waals surface area contributed by atoms with Crippen molar-refractivity contribution in [2.75, 3.05) is 6.79 Å². The topological polar surface area (TPSA) is 92.4 Å². The fourth-order valence-corrected chi connectivity index (χ4v) is 3.35. The molecule has 162 valence electrons. The van der Waals surface area contributed by atoms with E-state index in [-0.39, 0.29) is 30.6 Å². The lowest BCUT2D eigenvalue weighted by atomic mass is 10.1. The molecule has 8 nitrogen and oxygen atoms in total. The normalized spacial score (nSPS) is 11.7. The molecule has 0 aliphatic carbocycles. The lowest BCUT2D eigenvalue weighted by molar-refractivity contribution is -0.115. The lowest BCUT2D eigenvalue weighted by Gasteiger charge is -2.04. The highest BCUT2D eigenvalue weighted by Crippen LogP contribution is 2.34. The van der Waals surface area contributed by atoms with Crippen LogP contribution in [0.25, 0.3) is 16.9 Å². The van der Waals surface area contributed by atoms with Crippen LogP contribution in [0.15, 0.2) is 71.7 Å². The van der Waals surface area contributed by atoms with Crippen LogP contribution in [0.5, 0.6) is 11.5 Å². The zero-order valence-corrected chi connectivity index (χ0v) is 17.6. The summed E-state index contributed by atoms with van der Waals surface area (Å²) in [5.74, 6) is 1.23. The van der Waals surface area contributed by atoms with Crippen molar-refractivity contribution in [3.8, 4) is 17.2 Å². The average Bonchev–Trinajstić information content (AvgIpc) is 3.36. The Morgan fingerprint density at radius 1 is 0.969 bits per heavy atom. The number of fused-ring (bicyclic) bond motifs is 2. The second kappa shape index (κ2) is 8.89.